The Morgan fingerprint density at radius 2 is 1.13 bits per heavy atom. The summed E-state index contributed by atoms with van der Waals surface area (Å²) in [5.41, 5.74) is 20.1. The Morgan fingerprint density at radius 1 is 0.471 bits per heavy atom. The van der Waals surface area contributed by atoms with Crippen LogP contribution in [0.4, 0.5) is 11.4 Å². The summed E-state index contributed by atoms with van der Waals surface area (Å²) in [5.74, 6) is 0. The average Bonchev–Trinajstić information content (AvgIpc) is 4.00. The number of aromatic nitrogens is 1. The van der Waals surface area contributed by atoms with Gasteiger partial charge in [-0.2, -0.15) is 0 Å². The third-order valence-electron chi connectivity index (χ3n) is 18.0. The molecular formula is C63H55BN2S2. The summed E-state index contributed by atoms with van der Waals surface area (Å²) in [7, 11) is 0. The predicted molar refractivity (Wildman–Crippen MR) is 298 cm³/mol. The monoisotopic (exact) mass is 914 g/mol. The lowest BCUT2D eigenvalue weighted by atomic mass is 9.43. The molecule has 0 saturated heterocycles. The van der Waals surface area contributed by atoms with Crippen LogP contribution >= 0.6 is 22.7 Å². The first kappa shape index (κ1) is 40.1. The van der Waals surface area contributed by atoms with Crippen molar-refractivity contribution in [3.63, 3.8) is 0 Å². The quantitative estimate of drug-likeness (QED) is 0.149. The fourth-order valence-corrected chi connectivity index (χ4v) is 16.5. The molecule has 0 saturated carbocycles. The second-order valence-corrected chi connectivity index (χ2v) is 25.9. The van der Waals surface area contributed by atoms with Crippen LogP contribution in [-0.4, -0.2) is 11.4 Å². The number of fused-ring (bicyclic) bond motifs is 19. The fraction of sp³-hybridized carbons (Fsp3) is 0.270. The van der Waals surface area contributed by atoms with Crippen molar-refractivity contribution in [3.05, 3.63) is 149 Å². The lowest BCUT2D eigenvalue weighted by Crippen LogP contribution is -2.60. The van der Waals surface area contributed by atoms with Crippen LogP contribution in [-0.2, 0) is 21.7 Å². The van der Waals surface area contributed by atoms with Gasteiger partial charge in [-0.05, 0) is 152 Å². The third-order valence-corrected chi connectivity index (χ3v) is 20.3. The first-order valence-electron chi connectivity index (χ1n) is 25.0. The molecule has 332 valence electrons. The molecule has 0 radical (unpaired) electrons. The van der Waals surface area contributed by atoms with Crippen molar-refractivity contribution >= 4 is 125 Å². The second-order valence-electron chi connectivity index (χ2n) is 23.7. The van der Waals surface area contributed by atoms with Crippen LogP contribution in [0.25, 0.3) is 89.7 Å². The van der Waals surface area contributed by atoms with E-state index in [9.17, 15) is 0 Å². The maximum Gasteiger partial charge on any atom is 0.333 e. The van der Waals surface area contributed by atoms with Crippen molar-refractivity contribution in [2.75, 3.05) is 4.81 Å². The normalized spacial score (nSPS) is 18.2. The predicted octanol–water partition coefficient (Wildman–Crippen LogP) is 16.9. The number of benzene rings is 8. The van der Waals surface area contributed by atoms with E-state index in [0.29, 0.717) is 0 Å². The van der Waals surface area contributed by atoms with Crippen LogP contribution in [0.15, 0.2) is 121 Å². The number of hydrogen-bond acceptors (Lipinski definition) is 3. The topological polar surface area (TPSA) is 8.17 Å². The average molecular weight is 915 g/mol. The van der Waals surface area contributed by atoms with Crippen LogP contribution in [0.5, 0.6) is 0 Å². The summed E-state index contributed by atoms with van der Waals surface area (Å²) in [6.07, 6.45) is 4.78. The SMILES string of the molecule is Cc1cc2c(cc1N1B3c4c(cc5c(sc6ccccc65)c4-c4c1ccc1sc5cc6c(cc5c41)C(C)(C)CCC6(C)C)-n1c4ccc5ccccc5c4c4cccc3c41)C(C)(C)CCC2(C)C. The van der Waals surface area contributed by atoms with Crippen molar-refractivity contribution in [3.8, 4) is 16.8 Å². The van der Waals surface area contributed by atoms with Crippen molar-refractivity contribution in [1.29, 1.82) is 0 Å². The highest BCUT2D eigenvalue weighted by atomic mass is 32.1. The maximum absolute atomic E-state index is 2.84. The van der Waals surface area contributed by atoms with E-state index >= 15 is 0 Å². The summed E-state index contributed by atoms with van der Waals surface area (Å²) >= 11 is 4.00. The zero-order valence-electron chi connectivity index (χ0n) is 40.7. The van der Waals surface area contributed by atoms with Crippen molar-refractivity contribution in [2.24, 2.45) is 0 Å². The molecule has 3 aromatic heterocycles. The molecule has 15 rings (SSSR count). The van der Waals surface area contributed by atoms with E-state index in [-0.39, 0.29) is 28.5 Å². The molecule has 0 atom stereocenters. The van der Waals surface area contributed by atoms with Gasteiger partial charge in [0, 0.05) is 79.3 Å². The molecule has 0 bridgehead atoms. The molecule has 0 amide bonds. The number of thiophene rings is 2. The first-order valence-corrected chi connectivity index (χ1v) is 26.7. The van der Waals surface area contributed by atoms with Crippen molar-refractivity contribution < 1.29 is 0 Å². The van der Waals surface area contributed by atoms with Gasteiger partial charge in [-0.1, -0.05) is 128 Å². The highest BCUT2D eigenvalue weighted by molar-refractivity contribution is 7.27. The minimum absolute atomic E-state index is 0.0554. The van der Waals surface area contributed by atoms with E-state index in [1.54, 1.807) is 0 Å². The molecule has 2 nitrogen and oxygen atoms in total. The Labute approximate surface area is 407 Å². The lowest BCUT2D eigenvalue weighted by molar-refractivity contribution is 0.332. The van der Waals surface area contributed by atoms with Gasteiger partial charge in [0.05, 0.1) is 11.0 Å². The van der Waals surface area contributed by atoms with E-state index in [1.807, 2.05) is 22.7 Å². The number of aryl methyl sites for hydroxylation is 1. The zero-order chi connectivity index (χ0) is 46.1. The molecule has 0 N–H and O–H groups in total. The lowest BCUT2D eigenvalue weighted by Gasteiger charge is -2.46. The first-order chi connectivity index (χ1) is 32.6. The fourth-order valence-electron chi connectivity index (χ4n) is 14.1. The van der Waals surface area contributed by atoms with Crippen LogP contribution in [0.3, 0.4) is 0 Å². The third kappa shape index (κ3) is 4.95. The molecular weight excluding hydrogens is 860 g/mol. The van der Waals surface area contributed by atoms with Crippen LogP contribution in [0.1, 0.15) is 109 Å². The molecule has 0 fully saturated rings. The van der Waals surface area contributed by atoms with Gasteiger partial charge in [0.15, 0.2) is 0 Å². The van der Waals surface area contributed by atoms with Crippen molar-refractivity contribution in [2.45, 2.75) is 110 Å². The Bertz CT molecular complexity index is 4130. The highest BCUT2D eigenvalue weighted by Gasteiger charge is 2.48. The van der Waals surface area contributed by atoms with Crippen LogP contribution in [0.2, 0.25) is 0 Å². The molecule has 68 heavy (non-hydrogen) atoms. The molecule has 4 aliphatic rings. The molecule has 11 aromatic rings. The van der Waals surface area contributed by atoms with E-state index in [2.05, 4.69) is 193 Å². The van der Waals surface area contributed by atoms with Gasteiger partial charge in [-0.25, -0.2) is 0 Å². The number of nitrogens with zero attached hydrogens (tertiary/aromatic N) is 2. The van der Waals surface area contributed by atoms with Gasteiger partial charge < -0.3 is 9.38 Å². The van der Waals surface area contributed by atoms with Gasteiger partial charge >= 0.3 is 6.85 Å². The molecule has 8 aromatic carbocycles. The summed E-state index contributed by atoms with van der Waals surface area (Å²) in [6, 6.07) is 48.3. The Kier molecular flexibility index (Phi) is 7.57. The molecule has 2 aliphatic carbocycles. The summed E-state index contributed by atoms with van der Waals surface area (Å²) in [4.78, 5) is 2.84. The van der Waals surface area contributed by atoms with Gasteiger partial charge in [-0.3, -0.25) is 0 Å². The minimum atomic E-state index is -0.0554. The van der Waals surface area contributed by atoms with Crippen LogP contribution < -0.4 is 15.7 Å². The maximum atomic E-state index is 2.84. The largest absolute Gasteiger partial charge is 0.376 e. The van der Waals surface area contributed by atoms with E-state index < -0.39 is 0 Å². The number of para-hydroxylation sites is 1. The molecule has 2 aliphatic heterocycles. The number of rotatable bonds is 1. The second kappa shape index (κ2) is 12.9. The zero-order valence-corrected chi connectivity index (χ0v) is 42.3. The highest BCUT2D eigenvalue weighted by Crippen LogP contribution is 2.57. The molecule has 5 heterocycles. The molecule has 5 heteroatoms. The Hall–Kier alpha value is -5.88. The van der Waals surface area contributed by atoms with Crippen molar-refractivity contribution in [1.82, 2.24) is 4.57 Å². The molecule has 0 unspecified atom stereocenters. The van der Waals surface area contributed by atoms with Gasteiger partial charge in [-0.15, -0.1) is 22.7 Å². The minimum Gasteiger partial charge on any atom is -0.376 e. The summed E-state index contributed by atoms with van der Waals surface area (Å²) in [6.45, 7) is 22.2. The Morgan fingerprint density at radius 3 is 1.90 bits per heavy atom. The van der Waals surface area contributed by atoms with Gasteiger partial charge in [0.25, 0.3) is 0 Å². The molecule has 0 spiro atoms. The number of anilines is 2. The van der Waals surface area contributed by atoms with Gasteiger partial charge in [0.1, 0.15) is 0 Å². The van der Waals surface area contributed by atoms with E-state index in [1.165, 1.54) is 166 Å². The standard InChI is InChI=1S/C63H55BN2S2/c1-34-29-41-43(62(6,7)27-25-60(41,2)3)32-48(34)66-47-23-24-51-54(40-30-42-44(33-52(40)67-51)63(8,9)28-26-61(42,4)5)55(47)56-57-49(31-39-37-17-12-13-20-50(37)68-59(39)56)65-46-22-21-35-15-10-11-16-36(35)53(46)38-18-14-19-45(58(38)65)64(57)66/h10-24,29-33H,25-28H2,1-9H3. The van der Waals surface area contributed by atoms with E-state index in [0.717, 1.165) is 0 Å². The summed E-state index contributed by atoms with van der Waals surface area (Å²) < 4.78 is 8.24. The number of hydrogen-bond donors (Lipinski definition) is 0. The summed E-state index contributed by atoms with van der Waals surface area (Å²) in [5, 5.41) is 10.8. The van der Waals surface area contributed by atoms with Crippen LogP contribution in [0, 0.1) is 6.92 Å². The van der Waals surface area contributed by atoms with Gasteiger partial charge in [0.2, 0.25) is 0 Å². The smallest absolute Gasteiger partial charge is 0.333 e. The van der Waals surface area contributed by atoms with E-state index in [4.69, 9.17) is 0 Å². The Balaban J connectivity index is 1.17.